The van der Waals surface area contributed by atoms with E-state index in [0.717, 1.165) is 19.4 Å². The standard InChI is InChI=1S/C26H52O5Si2.C20H38O5Si.C4H8O2/c1-16-18(2)22(31-33(14,15)25(7,8)9)19(3)23(29)26(10,11)20(17-21(27)28)30-32(12,13)24(4,5)6;1-11-13(2)17(25-26(9,10)19(4,5)6)14(3)18(24)20(7,8)15(21)12-16(22)23;5-4-2-1-3-6-4/h16,18-20,22H,1,17H2,2-15H3,(H,27,28);11,13-15,17,21H,1,12H2,2-10H3,(H,22,23);4-5H,1-3H2/t18-,19?,20+,22+;13-,14?,15-,17?;/m00./s1. The fourth-order valence-electron chi connectivity index (χ4n) is 6.54. The molecule has 1 aliphatic heterocycles. The third kappa shape index (κ3) is 19.6. The predicted molar refractivity (Wildman–Crippen MR) is 273 cm³/mol. The van der Waals surface area contributed by atoms with Crippen molar-refractivity contribution in [2.24, 2.45) is 34.5 Å². The van der Waals surface area contributed by atoms with E-state index in [0.29, 0.717) is 0 Å². The Morgan fingerprint density at radius 3 is 1.18 bits per heavy atom. The van der Waals surface area contributed by atoms with E-state index in [9.17, 15) is 29.4 Å². The molecule has 1 heterocycles. The zero-order chi connectivity index (χ0) is 52.3. The number of aliphatic hydroxyl groups is 2. The van der Waals surface area contributed by atoms with Gasteiger partial charge in [-0.3, -0.25) is 19.2 Å². The molecule has 4 N–H and O–H groups in total. The summed E-state index contributed by atoms with van der Waals surface area (Å²) in [5.41, 5.74) is -2.16. The van der Waals surface area contributed by atoms with Crippen molar-refractivity contribution in [3.8, 4) is 0 Å². The predicted octanol–water partition coefficient (Wildman–Crippen LogP) is 11.7. The van der Waals surface area contributed by atoms with Gasteiger partial charge in [-0.1, -0.05) is 130 Å². The van der Waals surface area contributed by atoms with Crippen molar-refractivity contribution in [2.75, 3.05) is 6.61 Å². The minimum absolute atomic E-state index is 0.00170. The molecule has 1 rings (SSSR count). The van der Waals surface area contributed by atoms with Gasteiger partial charge in [0.1, 0.15) is 11.6 Å². The number of carbonyl (C=O) groups excluding carboxylic acids is 2. The highest BCUT2D eigenvalue weighted by Gasteiger charge is 2.50. The normalized spacial score (nSPS) is 19.4. The van der Waals surface area contributed by atoms with Gasteiger partial charge in [0.25, 0.3) is 0 Å². The number of hydrogen-bond donors (Lipinski definition) is 4. The van der Waals surface area contributed by atoms with Crippen molar-refractivity contribution in [1.29, 1.82) is 0 Å². The van der Waals surface area contributed by atoms with Gasteiger partial charge in [0.2, 0.25) is 0 Å². The Morgan fingerprint density at radius 1 is 0.615 bits per heavy atom. The van der Waals surface area contributed by atoms with Crippen molar-refractivity contribution in [3.05, 3.63) is 25.3 Å². The maximum atomic E-state index is 14.0. The minimum Gasteiger partial charge on any atom is -0.481 e. The Balaban J connectivity index is 0. The first-order valence-electron chi connectivity index (χ1n) is 23.6. The molecule has 0 spiro atoms. The zero-order valence-electron chi connectivity index (χ0n) is 45.4. The molecule has 1 saturated heterocycles. The average Bonchev–Trinajstić information content (AvgIpc) is 3.63. The lowest BCUT2D eigenvalue weighted by Crippen LogP contribution is -2.54. The van der Waals surface area contributed by atoms with Crippen LogP contribution < -0.4 is 0 Å². The molecule has 1 aliphatic rings. The van der Waals surface area contributed by atoms with E-state index in [1.807, 2.05) is 40.7 Å². The van der Waals surface area contributed by atoms with Crippen LogP contribution in [0.25, 0.3) is 0 Å². The fraction of sp³-hybridized carbons (Fsp3) is 0.840. The van der Waals surface area contributed by atoms with Crippen molar-refractivity contribution >= 4 is 48.5 Å². The van der Waals surface area contributed by atoms with E-state index in [-0.39, 0.29) is 57.1 Å². The first-order valence-corrected chi connectivity index (χ1v) is 32.3. The van der Waals surface area contributed by atoms with Gasteiger partial charge in [-0.05, 0) is 72.7 Å². The summed E-state index contributed by atoms with van der Waals surface area (Å²) >= 11 is 0. The number of ether oxygens (including phenoxy) is 1. The summed E-state index contributed by atoms with van der Waals surface area (Å²) in [5, 5.41) is 37.2. The molecule has 0 saturated carbocycles. The number of carboxylic acids is 2. The summed E-state index contributed by atoms with van der Waals surface area (Å²) in [6, 6.07) is 0. The van der Waals surface area contributed by atoms with Gasteiger partial charge >= 0.3 is 11.9 Å². The van der Waals surface area contributed by atoms with E-state index < -0.39 is 84.5 Å². The number of aliphatic carboxylic acids is 2. The number of rotatable bonds is 22. The third-order valence-corrected chi connectivity index (χ3v) is 28.3. The van der Waals surface area contributed by atoms with Crippen LogP contribution in [-0.2, 0) is 37.2 Å². The van der Waals surface area contributed by atoms with E-state index in [1.165, 1.54) is 0 Å². The Morgan fingerprint density at radius 2 is 0.938 bits per heavy atom. The van der Waals surface area contributed by atoms with Crippen molar-refractivity contribution in [3.63, 3.8) is 0 Å². The topological polar surface area (TPSA) is 186 Å². The number of ketones is 2. The molecule has 1 fully saturated rings. The van der Waals surface area contributed by atoms with Crippen LogP contribution in [0.3, 0.4) is 0 Å². The van der Waals surface area contributed by atoms with Crippen LogP contribution >= 0.6 is 0 Å². The number of aliphatic hydroxyl groups excluding tert-OH is 2. The number of Topliss-reactive ketones (excluding diaryl/α,β-unsaturated/α-hetero) is 2. The number of carboxylic acid groups (broad SMARTS) is 2. The summed E-state index contributed by atoms with van der Waals surface area (Å²) in [4.78, 5) is 49.8. The molecule has 0 aromatic rings. The third-order valence-electron chi connectivity index (χ3n) is 14.9. The SMILES string of the molecule is C=C[C@H](C)C(O[Si](C)(C)C(C)(C)C)C(C)C(=O)C(C)(C)[C@@H](O)CC(=O)O.C=C[C@H](C)[C@@H](O[Si](C)(C)C(C)(C)C)C(C)C(=O)C(C)(C)[C@@H](CC(=O)O)O[Si](C)(C)C(C)(C)C.OC1CCCO1. The average molecular weight is 976 g/mol. The van der Waals surface area contributed by atoms with E-state index in [4.69, 9.17) is 28.2 Å². The zero-order valence-corrected chi connectivity index (χ0v) is 48.4. The van der Waals surface area contributed by atoms with E-state index >= 15 is 0 Å². The summed E-state index contributed by atoms with van der Waals surface area (Å²) in [7, 11) is -6.57. The second-order valence-corrected chi connectivity index (χ2v) is 38.4. The molecule has 0 aromatic carbocycles. The van der Waals surface area contributed by atoms with Crippen LogP contribution in [0.4, 0.5) is 0 Å². The van der Waals surface area contributed by atoms with Crippen molar-refractivity contribution < 1.29 is 57.6 Å². The molecule has 9 atom stereocenters. The summed E-state index contributed by atoms with van der Waals surface area (Å²) < 4.78 is 24.6. The molecule has 12 nitrogen and oxygen atoms in total. The highest BCUT2D eigenvalue weighted by molar-refractivity contribution is 6.75. The molecule has 65 heavy (non-hydrogen) atoms. The van der Waals surface area contributed by atoms with Gasteiger partial charge in [0.15, 0.2) is 31.2 Å². The van der Waals surface area contributed by atoms with E-state index in [2.05, 4.69) is 115 Å². The lowest BCUT2D eigenvalue weighted by molar-refractivity contribution is -0.148. The molecular formula is C50H98O12Si3. The van der Waals surface area contributed by atoms with Crippen LogP contribution in [0.2, 0.25) is 54.4 Å². The maximum Gasteiger partial charge on any atom is 0.306 e. The quantitative estimate of drug-likeness (QED) is 0.0595. The van der Waals surface area contributed by atoms with Gasteiger partial charge in [0, 0.05) is 30.3 Å². The molecule has 0 bridgehead atoms. The van der Waals surface area contributed by atoms with Gasteiger partial charge in [-0.25, -0.2) is 0 Å². The Hall–Kier alpha value is -1.83. The molecular weight excluding hydrogens is 877 g/mol. The summed E-state index contributed by atoms with van der Waals surface area (Å²) in [5.74, 6) is -3.28. The smallest absolute Gasteiger partial charge is 0.306 e. The highest BCUT2D eigenvalue weighted by atomic mass is 28.4. The molecule has 15 heteroatoms. The lowest BCUT2D eigenvalue weighted by atomic mass is 9.73. The second-order valence-electron chi connectivity index (χ2n) is 24.2. The lowest BCUT2D eigenvalue weighted by Gasteiger charge is -2.46. The maximum absolute atomic E-state index is 14.0. The molecule has 4 unspecified atom stereocenters. The molecule has 0 aliphatic carbocycles. The van der Waals surface area contributed by atoms with Gasteiger partial charge < -0.3 is 38.4 Å². The largest absolute Gasteiger partial charge is 0.481 e. The molecule has 0 amide bonds. The molecule has 0 aromatic heterocycles. The van der Waals surface area contributed by atoms with Gasteiger partial charge in [-0.15, -0.1) is 13.2 Å². The molecule has 382 valence electrons. The van der Waals surface area contributed by atoms with Crippen LogP contribution in [-0.4, -0.2) is 106 Å². The van der Waals surface area contributed by atoms with E-state index in [1.54, 1.807) is 26.8 Å². The van der Waals surface area contributed by atoms with Gasteiger partial charge in [0.05, 0.1) is 42.7 Å². The Kier molecular flexibility index (Phi) is 25.3. The van der Waals surface area contributed by atoms with Crippen LogP contribution in [0.1, 0.15) is 143 Å². The van der Waals surface area contributed by atoms with Gasteiger partial charge in [-0.2, -0.15) is 0 Å². The van der Waals surface area contributed by atoms with Crippen molar-refractivity contribution in [2.45, 2.75) is 228 Å². The van der Waals surface area contributed by atoms with Crippen molar-refractivity contribution in [1.82, 2.24) is 0 Å². The fourth-order valence-corrected chi connectivity index (χ4v) is 10.9. The van der Waals surface area contributed by atoms with Crippen LogP contribution in [0.15, 0.2) is 25.3 Å². The first kappa shape index (κ1) is 65.3. The Bertz CT molecular complexity index is 1540. The highest BCUT2D eigenvalue weighted by Crippen LogP contribution is 2.44. The first-order chi connectivity index (χ1) is 28.8. The summed E-state index contributed by atoms with van der Waals surface area (Å²) in [6.45, 7) is 55.2. The van der Waals surface area contributed by atoms with Crippen LogP contribution in [0.5, 0.6) is 0 Å². The number of carbonyl (C=O) groups is 4. The Labute approximate surface area is 399 Å². The monoisotopic (exact) mass is 975 g/mol. The molecule has 0 radical (unpaired) electrons. The second kappa shape index (κ2) is 25.2. The minimum atomic E-state index is -2.30. The number of hydrogen-bond acceptors (Lipinski definition) is 10. The summed E-state index contributed by atoms with van der Waals surface area (Å²) in [6.07, 6.45) is 1.69. The van der Waals surface area contributed by atoms with Crippen LogP contribution in [0, 0.1) is 34.5 Å².